The zero-order valence-corrected chi connectivity index (χ0v) is 19.2. The van der Waals surface area contributed by atoms with Crippen molar-refractivity contribution in [3.63, 3.8) is 0 Å². The highest BCUT2D eigenvalue weighted by Crippen LogP contribution is 2.19. The van der Waals surface area contributed by atoms with Crippen LogP contribution < -0.4 is 14.8 Å². The van der Waals surface area contributed by atoms with Crippen molar-refractivity contribution >= 4 is 15.9 Å². The molecule has 8 nitrogen and oxygen atoms in total. The fourth-order valence-corrected chi connectivity index (χ4v) is 5.01. The van der Waals surface area contributed by atoms with Crippen LogP contribution >= 0.6 is 0 Å². The molecule has 1 saturated carbocycles. The molecule has 1 amide bonds. The largest absolute Gasteiger partial charge is 0.481 e. The molecular weight excluding hydrogens is 418 g/mol. The number of sulfonamides is 1. The van der Waals surface area contributed by atoms with E-state index in [1.807, 2.05) is 0 Å². The molecule has 31 heavy (non-hydrogen) atoms. The highest BCUT2D eigenvalue weighted by atomic mass is 32.2. The number of benzene rings is 1. The molecule has 2 fully saturated rings. The summed E-state index contributed by atoms with van der Waals surface area (Å²) in [6.45, 7) is 6.20. The van der Waals surface area contributed by atoms with Crippen LogP contribution in [0.15, 0.2) is 29.2 Å². The highest BCUT2D eigenvalue weighted by molar-refractivity contribution is 7.89. The Kier molecular flexibility index (Phi) is 9.13. The smallest absolute Gasteiger partial charge is 0.260 e. The molecule has 1 aliphatic carbocycles. The maximum Gasteiger partial charge on any atom is 0.260 e. The first kappa shape index (κ1) is 24.0. The minimum Gasteiger partial charge on any atom is -0.481 e. The Bertz CT molecular complexity index is 788. The van der Waals surface area contributed by atoms with Crippen molar-refractivity contribution in [2.75, 3.05) is 39.4 Å². The molecule has 1 aromatic carbocycles. The first-order valence-corrected chi connectivity index (χ1v) is 12.8. The van der Waals surface area contributed by atoms with Crippen LogP contribution in [-0.2, 0) is 19.6 Å². The van der Waals surface area contributed by atoms with Gasteiger partial charge in [0.25, 0.3) is 5.91 Å². The normalized spacial score (nSPS) is 19.6. The molecule has 3 rings (SSSR count). The van der Waals surface area contributed by atoms with Crippen molar-refractivity contribution in [2.24, 2.45) is 0 Å². The van der Waals surface area contributed by atoms with Gasteiger partial charge >= 0.3 is 0 Å². The molecule has 0 radical (unpaired) electrons. The molecule has 1 aliphatic heterocycles. The van der Waals surface area contributed by atoms with Crippen molar-refractivity contribution in [2.45, 2.75) is 62.5 Å². The Morgan fingerprint density at radius 3 is 2.52 bits per heavy atom. The van der Waals surface area contributed by atoms with E-state index in [1.54, 1.807) is 19.1 Å². The van der Waals surface area contributed by atoms with Crippen LogP contribution in [0.5, 0.6) is 5.75 Å². The number of nitrogens with zero attached hydrogens (tertiary/aromatic N) is 1. The van der Waals surface area contributed by atoms with Crippen LogP contribution in [0.2, 0.25) is 0 Å². The van der Waals surface area contributed by atoms with Crippen LogP contribution in [0.1, 0.15) is 45.4 Å². The van der Waals surface area contributed by atoms with Crippen molar-refractivity contribution < 1.29 is 22.7 Å². The molecule has 1 saturated heterocycles. The topological polar surface area (TPSA) is 97.0 Å². The van der Waals surface area contributed by atoms with Crippen LogP contribution in [0.3, 0.4) is 0 Å². The Balaban J connectivity index is 1.42. The molecular formula is C22H35N3O5S. The van der Waals surface area contributed by atoms with E-state index in [4.69, 9.17) is 9.47 Å². The van der Waals surface area contributed by atoms with Crippen LogP contribution in [0.4, 0.5) is 0 Å². The van der Waals surface area contributed by atoms with Crippen LogP contribution in [0.25, 0.3) is 0 Å². The first-order chi connectivity index (χ1) is 14.9. The van der Waals surface area contributed by atoms with E-state index in [0.717, 1.165) is 65.0 Å². The quantitative estimate of drug-likeness (QED) is 0.525. The van der Waals surface area contributed by atoms with E-state index >= 15 is 0 Å². The molecule has 0 unspecified atom stereocenters. The number of amides is 1. The van der Waals surface area contributed by atoms with Gasteiger partial charge in [-0.1, -0.05) is 19.3 Å². The van der Waals surface area contributed by atoms with Gasteiger partial charge in [0.2, 0.25) is 10.0 Å². The fraction of sp³-hybridized carbons (Fsp3) is 0.682. The lowest BCUT2D eigenvalue weighted by Gasteiger charge is -2.26. The lowest BCUT2D eigenvalue weighted by atomic mass is 9.95. The zero-order chi connectivity index (χ0) is 22.1. The summed E-state index contributed by atoms with van der Waals surface area (Å²) in [5.74, 6) is 0.336. The monoisotopic (exact) mass is 453 g/mol. The number of hydrogen-bond donors (Lipinski definition) is 2. The lowest BCUT2D eigenvalue weighted by Crippen LogP contribution is -2.43. The summed E-state index contributed by atoms with van der Waals surface area (Å²) in [6, 6.07) is 6.42. The SMILES string of the molecule is C[C@@H](Oc1ccc(S(=O)(=O)NCCCN2CCOCC2)cc1)C(=O)NC1CCCCC1. The number of rotatable bonds is 10. The predicted molar refractivity (Wildman–Crippen MR) is 119 cm³/mol. The van der Waals surface area contributed by atoms with Crippen molar-refractivity contribution in [1.82, 2.24) is 14.9 Å². The molecule has 174 valence electrons. The van der Waals surface area contributed by atoms with Gasteiger partial charge in [0.05, 0.1) is 18.1 Å². The van der Waals surface area contributed by atoms with E-state index in [-0.39, 0.29) is 16.8 Å². The molecule has 0 aromatic heterocycles. The molecule has 0 spiro atoms. The summed E-state index contributed by atoms with van der Waals surface area (Å²) in [6.07, 6.45) is 5.68. The highest BCUT2D eigenvalue weighted by Gasteiger charge is 2.21. The van der Waals surface area contributed by atoms with Gasteiger partial charge in [-0.15, -0.1) is 0 Å². The average molecular weight is 454 g/mol. The third-order valence-corrected chi connectivity index (χ3v) is 7.29. The average Bonchev–Trinajstić information content (AvgIpc) is 2.78. The van der Waals surface area contributed by atoms with E-state index < -0.39 is 16.1 Å². The number of hydrogen-bond acceptors (Lipinski definition) is 6. The second-order valence-electron chi connectivity index (χ2n) is 8.28. The van der Waals surface area contributed by atoms with E-state index in [1.165, 1.54) is 18.6 Å². The van der Waals surface area contributed by atoms with E-state index in [9.17, 15) is 13.2 Å². The third kappa shape index (κ3) is 7.75. The Hall–Kier alpha value is -1.68. The Morgan fingerprint density at radius 1 is 1.16 bits per heavy atom. The van der Waals surface area contributed by atoms with Gasteiger partial charge in [-0.3, -0.25) is 9.69 Å². The summed E-state index contributed by atoms with van der Waals surface area (Å²) < 4.78 is 38.7. The summed E-state index contributed by atoms with van der Waals surface area (Å²) >= 11 is 0. The van der Waals surface area contributed by atoms with Crippen LogP contribution in [-0.4, -0.2) is 70.8 Å². The van der Waals surface area contributed by atoms with Crippen molar-refractivity contribution in [3.05, 3.63) is 24.3 Å². The maximum absolute atomic E-state index is 12.5. The van der Waals surface area contributed by atoms with Gasteiger partial charge in [-0.05, 0) is 57.0 Å². The summed E-state index contributed by atoms with van der Waals surface area (Å²) in [4.78, 5) is 14.8. The molecule has 9 heteroatoms. The number of carbonyl (C=O) groups excluding carboxylic acids is 1. The fourth-order valence-electron chi connectivity index (χ4n) is 3.94. The molecule has 1 heterocycles. The molecule has 2 aliphatic rings. The van der Waals surface area contributed by atoms with Crippen LogP contribution in [0, 0.1) is 0 Å². The van der Waals surface area contributed by atoms with Crippen molar-refractivity contribution in [3.8, 4) is 5.75 Å². The van der Waals surface area contributed by atoms with E-state index in [2.05, 4.69) is 14.9 Å². The van der Waals surface area contributed by atoms with Gasteiger partial charge < -0.3 is 14.8 Å². The number of ether oxygens (including phenoxy) is 2. The minimum atomic E-state index is -3.57. The van der Waals surface area contributed by atoms with E-state index in [0.29, 0.717) is 12.3 Å². The standard InChI is InChI=1S/C22H35N3O5S/c1-18(22(26)24-19-6-3-2-4-7-19)30-20-8-10-21(11-9-20)31(27,28)23-12-5-13-25-14-16-29-17-15-25/h8-11,18-19,23H,2-7,12-17H2,1H3,(H,24,26)/t18-/m1/s1. The molecule has 0 bridgehead atoms. The van der Waals surface area contributed by atoms with Gasteiger partial charge in [0.1, 0.15) is 5.75 Å². The number of morpholine rings is 1. The minimum absolute atomic E-state index is 0.134. The summed E-state index contributed by atoms with van der Waals surface area (Å²) in [5, 5.41) is 3.05. The third-order valence-electron chi connectivity index (χ3n) is 5.81. The number of carbonyl (C=O) groups is 1. The second-order valence-corrected chi connectivity index (χ2v) is 10.0. The summed E-state index contributed by atoms with van der Waals surface area (Å²) in [7, 11) is -3.57. The van der Waals surface area contributed by atoms with Gasteiger partial charge in [-0.25, -0.2) is 13.1 Å². The van der Waals surface area contributed by atoms with Gasteiger partial charge in [0, 0.05) is 25.7 Å². The maximum atomic E-state index is 12.5. The van der Waals surface area contributed by atoms with Gasteiger partial charge in [-0.2, -0.15) is 0 Å². The lowest BCUT2D eigenvalue weighted by molar-refractivity contribution is -0.128. The molecule has 1 aromatic rings. The van der Waals surface area contributed by atoms with Crippen molar-refractivity contribution in [1.29, 1.82) is 0 Å². The molecule has 1 atom stereocenters. The predicted octanol–water partition coefficient (Wildman–Crippen LogP) is 1.90. The Labute approximate surface area is 185 Å². The second kappa shape index (κ2) is 11.8. The zero-order valence-electron chi connectivity index (χ0n) is 18.3. The first-order valence-electron chi connectivity index (χ1n) is 11.3. The summed E-state index contributed by atoms with van der Waals surface area (Å²) in [5.41, 5.74) is 0. The Morgan fingerprint density at radius 2 is 1.84 bits per heavy atom. The number of nitrogens with one attached hydrogen (secondary N) is 2. The molecule has 2 N–H and O–H groups in total. The van der Waals surface area contributed by atoms with Gasteiger partial charge in [0.15, 0.2) is 6.10 Å².